The van der Waals surface area contributed by atoms with Crippen molar-refractivity contribution in [2.75, 3.05) is 0 Å². The normalized spacial score (nSPS) is 11.8. The Morgan fingerprint density at radius 3 is 2.31 bits per heavy atom. The van der Waals surface area contributed by atoms with E-state index in [-0.39, 0.29) is 50.2 Å². The first-order valence-corrected chi connectivity index (χ1v) is 5.18. The van der Waals surface area contributed by atoms with Gasteiger partial charge >= 0.3 is 0 Å². The molecule has 0 N–H and O–H groups in total. The molecule has 0 aromatic heterocycles. The Bertz CT molecular complexity index is 388. The molecule has 1 rings (SSSR count). The second kappa shape index (κ2) is 6.61. The van der Waals surface area contributed by atoms with Crippen molar-refractivity contribution >= 4 is 5.78 Å². The molecule has 0 aliphatic carbocycles. The van der Waals surface area contributed by atoms with E-state index in [4.69, 9.17) is 0 Å². The largest absolute Gasteiger partial charge is 0.300 e. The van der Waals surface area contributed by atoms with Crippen LogP contribution >= 0.6 is 0 Å². The van der Waals surface area contributed by atoms with E-state index in [1.54, 1.807) is 6.92 Å². The summed E-state index contributed by atoms with van der Waals surface area (Å²) in [6.45, 7) is 7.22. The third-order valence-corrected chi connectivity index (χ3v) is 2.88. The Morgan fingerprint density at radius 1 is 1.31 bits per heavy atom. The molecule has 1 aromatic carbocycles. The summed E-state index contributed by atoms with van der Waals surface area (Å²) in [5, 5.41) is 0. The third-order valence-electron chi connectivity index (χ3n) is 2.88. The predicted molar refractivity (Wildman–Crippen MR) is 59.4 cm³/mol. The van der Waals surface area contributed by atoms with E-state index >= 15 is 0 Å². The van der Waals surface area contributed by atoms with Crippen molar-refractivity contribution in [3.05, 3.63) is 34.6 Å². The molecule has 1 atom stereocenters. The zero-order valence-electron chi connectivity index (χ0n) is 10.3. The van der Waals surface area contributed by atoms with Gasteiger partial charge in [0.2, 0.25) is 0 Å². The number of halogens is 1. The van der Waals surface area contributed by atoms with Crippen molar-refractivity contribution in [1.82, 2.24) is 0 Å². The van der Waals surface area contributed by atoms with Crippen LogP contribution < -0.4 is 0 Å². The van der Waals surface area contributed by atoms with Crippen molar-refractivity contribution in [1.29, 1.82) is 0 Å². The number of benzene rings is 1. The fourth-order valence-corrected chi connectivity index (χ4v) is 1.47. The number of carbonyl (C=O) groups excluding carboxylic acids is 1. The summed E-state index contributed by atoms with van der Waals surface area (Å²) in [7, 11) is 0. The van der Waals surface area contributed by atoms with Crippen LogP contribution in [0.5, 0.6) is 0 Å². The summed E-state index contributed by atoms with van der Waals surface area (Å²) in [6, 6.07) is 3.38. The zero-order valence-corrected chi connectivity index (χ0v) is 13.1. The van der Waals surface area contributed by atoms with Crippen LogP contribution in [0.2, 0.25) is 0 Å². The van der Waals surface area contributed by atoms with Crippen molar-refractivity contribution in [2.45, 2.75) is 34.1 Å². The van der Waals surface area contributed by atoms with Crippen LogP contribution in [0.15, 0.2) is 12.1 Å². The molecule has 0 heterocycles. The Hall–Kier alpha value is -0.0761. The number of hydrogen-bond donors (Lipinski definition) is 0. The Kier molecular flexibility index (Phi) is 6.58. The number of ketones is 1. The van der Waals surface area contributed by atoms with Crippen molar-refractivity contribution in [3.63, 3.8) is 0 Å². The molecule has 0 bridgehead atoms. The van der Waals surface area contributed by atoms with Crippen LogP contribution in [-0.4, -0.2) is 5.78 Å². The molecule has 1 nitrogen and oxygen atoms in total. The SMILES string of the molecule is CC(=O)C(C)Cc1cc(C)c(C)cc1[18F].[Y]. The van der Waals surface area contributed by atoms with E-state index in [2.05, 4.69) is 0 Å². The average Bonchev–Trinajstić information content (AvgIpc) is 2.13. The van der Waals surface area contributed by atoms with Gasteiger partial charge in [0.15, 0.2) is 0 Å². The van der Waals surface area contributed by atoms with Gasteiger partial charge in [-0.2, -0.15) is 0 Å². The van der Waals surface area contributed by atoms with Crippen LogP contribution in [-0.2, 0) is 43.9 Å². The molecule has 0 aliphatic heterocycles. The maximum Gasteiger partial charge on any atom is 0.132 e. The van der Waals surface area contributed by atoms with Gasteiger partial charge in [0.25, 0.3) is 0 Å². The fourth-order valence-electron chi connectivity index (χ4n) is 1.47. The van der Waals surface area contributed by atoms with E-state index in [1.165, 1.54) is 6.07 Å². The predicted octanol–water partition coefficient (Wildman–Crippen LogP) is 3.21. The third kappa shape index (κ3) is 4.06. The molecule has 3 heteroatoms. The molecule has 85 valence electrons. The molecule has 0 saturated carbocycles. The van der Waals surface area contributed by atoms with Crippen LogP contribution in [0.3, 0.4) is 0 Å². The standard InChI is InChI=1S/C13H17FO.Y/c1-8-5-12(6-10(3)11(4)15)13(14)7-9(8)2;/h5,7,10H,6H2,1-4H3;/i14-1;. The van der Waals surface area contributed by atoms with E-state index in [1.807, 2.05) is 26.8 Å². The minimum absolute atomic E-state index is 0. The van der Waals surface area contributed by atoms with Gasteiger partial charge in [0, 0.05) is 38.6 Å². The Morgan fingerprint density at radius 2 is 1.81 bits per heavy atom. The molecule has 0 spiro atoms. The van der Waals surface area contributed by atoms with Gasteiger partial charge in [-0.3, -0.25) is 4.79 Å². The van der Waals surface area contributed by atoms with Gasteiger partial charge in [0.1, 0.15) is 11.6 Å². The number of hydrogen-bond acceptors (Lipinski definition) is 1. The quantitative estimate of drug-likeness (QED) is 0.837. The van der Waals surface area contributed by atoms with Gasteiger partial charge in [-0.1, -0.05) is 13.0 Å². The summed E-state index contributed by atoms with van der Waals surface area (Å²) >= 11 is 0. The van der Waals surface area contributed by atoms with E-state index < -0.39 is 0 Å². The van der Waals surface area contributed by atoms with Gasteiger partial charge in [-0.05, 0) is 49.9 Å². The van der Waals surface area contributed by atoms with E-state index in [9.17, 15) is 9.18 Å². The molecular formula is C13H17FOY. The smallest absolute Gasteiger partial charge is 0.132 e. The minimum atomic E-state index is -0.203. The molecule has 0 amide bonds. The molecule has 0 saturated heterocycles. The maximum absolute atomic E-state index is 13.5. The first-order valence-electron chi connectivity index (χ1n) is 5.18. The summed E-state index contributed by atoms with van der Waals surface area (Å²) in [5.74, 6) is -0.208. The topological polar surface area (TPSA) is 17.1 Å². The fraction of sp³-hybridized carbons (Fsp3) is 0.462. The average molecular weight is 296 g/mol. The minimum Gasteiger partial charge on any atom is -0.300 e. The Balaban J connectivity index is 0.00000225. The Labute approximate surface area is 122 Å². The van der Waals surface area contributed by atoms with Crippen LogP contribution in [0.1, 0.15) is 30.5 Å². The molecule has 16 heavy (non-hydrogen) atoms. The van der Waals surface area contributed by atoms with Gasteiger partial charge in [-0.15, -0.1) is 0 Å². The second-order valence-corrected chi connectivity index (χ2v) is 4.24. The van der Waals surface area contributed by atoms with Gasteiger partial charge in [0.05, 0.1) is 0 Å². The number of Topliss-reactive ketones (excluding diaryl/α,β-unsaturated/α-hetero) is 1. The summed E-state index contributed by atoms with van der Waals surface area (Å²) in [4.78, 5) is 11.1. The summed E-state index contributed by atoms with van der Waals surface area (Å²) < 4.78 is 13.5. The monoisotopic (exact) mass is 296 g/mol. The van der Waals surface area contributed by atoms with Crippen molar-refractivity contribution in [2.24, 2.45) is 5.92 Å². The first-order chi connectivity index (χ1) is 6.91. The van der Waals surface area contributed by atoms with Crippen molar-refractivity contribution < 1.29 is 41.9 Å². The molecule has 0 fully saturated rings. The van der Waals surface area contributed by atoms with E-state index in [0.717, 1.165) is 11.1 Å². The molecule has 1 aromatic rings. The number of rotatable bonds is 3. The van der Waals surface area contributed by atoms with Crippen LogP contribution in [0, 0.1) is 25.6 Å². The van der Waals surface area contributed by atoms with Crippen LogP contribution in [0.4, 0.5) is 4.39 Å². The molecule has 1 radical (unpaired) electrons. The summed E-state index contributed by atoms with van der Waals surface area (Å²) in [5.41, 5.74) is 2.66. The van der Waals surface area contributed by atoms with Gasteiger partial charge < -0.3 is 0 Å². The molecule has 0 aliphatic rings. The molecule has 1 unspecified atom stereocenters. The molecular weight excluding hydrogens is 279 g/mol. The van der Waals surface area contributed by atoms with Gasteiger partial charge in [-0.25, -0.2) is 4.39 Å². The number of carbonyl (C=O) groups is 1. The first kappa shape index (κ1) is 15.9. The van der Waals surface area contributed by atoms with E-state index in [0.29, 0.717) is 12.0 Å². The second-order valence-electron chi connectivity index (χ2n) is 4.24. The number of aryl methyl sites for hydroxylation is 2. The maximum atomic E-state index is 13.5. The zero-order chi connectivity index (χ0) is 11.6. The summed E-state index contributed by atoms with van der Waals surface area (Å²) in [6.07, 6.45) is 0.488. The van der Waals surface area contributed by atoms with Crippen LogP contribution in [0.25, 0.3) is 0 Å². The van der Waals surface area contributed by atoms with Crippen molar-refractivity contribution in [3.8, 4) is 0 Å².